The Kier molecular flexibility index (Phi) is 6.77. The molecular formula is C23H26N2O3S. The first-order chi connectivity index (χ1) is 13.9. The second kappa shape index (κ2) is 9.29. The van der Waals surface area contributed by atoms with Gasteiger partial charge in [-0.05, 0) is 49.6 Å². The number of aromatic nitrogens is 2. The lowest BCUT2D eigenvalue weighted by atomic mass is 10.1. The Bertz CT molecular complexity index is 1090. The molecule has 0 bridgehead atoms. The molecule has 2 aromatic carbocycles. The second-order valence-electron chi connectivity index (χ2n) is 7.05. The number of aryl methyl sites for hydroxylation is 2. The van der Waals surface area contributed by atoms with Crippen molar-refractivity contribution in [1.82, 2.24) is 9.55 Å². The minimum Gasteiger partial charge on any atom is -0.490 e. The van der Waals surface area contributed by atoms with Crippen molar-refractivity contribution >= 4 is 22.7 Å². The third-order valence-corrected chi connectivity index (χ3v) is 5.96. The molecule has 1 N–H and O–H groups in total. The Morgan fingerprint density at radius 2 is 1.93 bits per heavy atom. The zero-order valence-corrected chi connectivity index (χ0v) is 17.8. The van der Waals surface area contributed by atoms with Crippen LogP contribution >= 0.6 is 11.8 Å². The minimum atomic E-state index is -0.695. The van der Waals surface area contributed by atoms with Crippen molar-refractivity contribution in [3.8, 4) is 5.75 Å². The number of para-hydroxylation sites is 1. The van der Waals surface area contributed by atoms with Crippen LogP contribution in [0.5, 0.6) is 5.75 Å². The Morgan fingerprint density at radius 1 is 1.21 bits per heavy atom. The molecule has 29 heavy (non-hydrogen) atoms. The molecule has 0 saturated heterocycles. The van der Waals surface area contributed by atoms with Crippen LogP contribution in [0.1, 0.15) is 16.7 Å². The highest BCUT2D eigenvalue weighted by atomic mass is 32.2. The van der Waals surface area contributed by atoms with E-state index in [9.17, 15) is 9.90 Å². The number of aliphatic hydroxyl groups is 1. The lowest BCUT2D eigenvalue weighted by Crippen LogP contribution is -2.25. The predicted octanol–water partition coefficient (Wildman–Crippen LogP) is 4.04. The largest absolute Gasteiger partial charge is 0.490 e. The van der Waals surface area contributed by atoms with Gasteiger partial charge in [0, 0.05) is 12.3 Å². The summed E-state index contributed by atoms with van der Waals surface area (Å²) in [5.41, 5.74) is 3.83. The van der Waals surface area contributed by atoms with E-state index in [2.05, 4.69) is 17.6 Å². The van der Waals surface area contributed by atoms with Gasteiger partial charge in [0.1, 0.15) is 12.4 Å². The first-order valence-corrected chi connectivity index (χ1v) is 10.5. The zero-order valence-electron chi connectivity index (χ0n) is 17.0. The summed E-state index contributed by atoms with van der Waals surface area (Å²) >= 11 is 1.34. The zero-order chi connectivity index (χ0) is 21.0. The molecule has 1 atom stereocenters. The number of benzene rings is 2. The number of hydrogen-bond donors (Lipinski definition) is 1. The van der Waals surface area contributed by atoms with Crippen molar-refractivity contribution < 1.29 is 9.84 Å². The van der Waals surface area contributed by atoms with Gasteiger partial charge < -0.3 is 9.84 Å². The molecule has 0 aliphatic heterocycles. The maximum Gasteiger partial charge on any atom is 0.262 e. The van der Waals surface area contributed by atoms with E-state index in [1.54, 1.807) is 16.7 Å². The van der Waals surface area contributed by atoms with Crippen molar-refractivity contribution in [2.75, 3.05) is 12.4 Å². The number of rotatable bonds is 8. The highest BCUT2D eigenvalue weighted by Gasteiger charge is 2.14. The van der Waals surface area contributed by atoms with Crippen LogP contribution in [0, 0.1) is 20.8 Å². The fourth-order valence-electron chi connectivity index (χ4n) is 3.09. The van der Waals surface area contributed by atoms with Gasteiger partial charge in [-0.2, -0.15) is 0 Å². The Labute approximate surface area is 175 Å². The summed E-state index contributed by atoms with van der Waals surface area (Å²) in [6.45, 7) is 10.3. The maximum absolute atomic E-state index is 12.8. The number of ether oxygens (including phenoxy) is 1. The molecule has 0 spiro atoms. The molecule has 0 radical (unpaired) electrons. The molecule has 0 aliphatic carbocycles. The SMILES string of the molecule is C=CCn1c(SC[C@@H](O)COc2c(C)ccc(C)c2C)nc2ccccc2c1=O. The van der Waals surface area contributed by atoms with E-state index in [-0.39, 0.29) is 12.2 Å². The van der Waals surface area contributed by atoms with Gasteiger partial charge in [-0.3, -0.25) is 9.36 Å². The summed E-state index contributed by atoms with van der Waals surface area (Å²) in [7, 11) is 0. The fourth-order valence-corrected chi connectivity index (χ4v) is 4.01. The number of thioether (sulfide) groups is 1. The molecule has 1 aromatic heterocycles. The van der Waals surface area contributed by atoms with Crippen LogP contribution < -0.4 is 10.3 Å². The molecule has 152 valence electrons. The molecular weight excluding hydrogens is 384 g/mol. The van der Waals surface area contributed by atoms with Gasteiger partial charge in [-0.25, -0.2) is 4.98 Å². The Balaban J connectivity index is 1.73. The average molecular weight is 411 g/mol. The van der Waals surface area contributed by atoms with Crippen LogP contribution in [-0.2, 0) is 6.54 Å². The number of fused-ring (bicyclic) bond motifs is 1. The molecule has 0 aliphatic rings. The van der Waals surface area contributed by atoms with Gasteiger partial charge >= 0.3 is 0 Å². The first kappa shape index (κ1) is 21.1. The standard InChI is InChI=1S/C23H26N2O3S/c1-5-12-25-22(27)19-8-6-7-9-20(19)24-23(25)29-14-18(26)13-28-21-16(3)11-10-15(2)17(21)4/h5-11,18,26H,1,12-14H2,2-4H3/t18-/m0/s1. The van der Waals surface area contributed by atoms with Gasteiger partial charge in [-0.1, -0.05) is 42.1 Å². The summed E-state index contributed by atoms with van der Waals surface area (Å²) in [6.07, 6.45) is 0.977. The lowest BCUT2D eigenvalue weighted by Gasteiger charge is -2.17. The van der Waals surface area contributed by atoms with Crippen molar-refractivity contribution in [1.29, 1.82) is 0 Å². The van der Waals surface area contributed by atoms with Crippen LogP contribution in [0.3, 0.4) is 0 Å². The van der Waals surface area contributed by atoms with E-state index in [4.69, 9.17) is 4.74 Å². The molecule has 3 rings (SSSR count). The summed E-state index contributed by atoms with van der Waals surface area (Å²) in [5, 5.41) is 11.6. The van der Waals surface area contributed by atoms with E-state index in [1.807, 2.05) is 45.0 Å². The van der Waals surface area contributed by atoms with Crippen molar-refractivity contribution in [2.45, 2.75) is 38.6 Å². The normalized spacial score (nSPS) is 12.1. The average Bonchev–Trinajstić information content (AvgIpc) is 2.71. The number of hydrogen-bond acceptors (Lipinski definition) is 5. The van der Waals surface area contributed by atoms with Gasteiger partial charge in [0.05, 0.1) is 17.0 Å². The van der Waals surface area contributed by atoms with Crippen LogP contribution in [0.15, 0.2) is 59.0 Å². The summed E-state index contributed by atoms with van der Waals surface area (Å²) in [6, 6.07) is 11.4. The molecule has 5 nitrogen and oxygen atoms in total. The van der Waals surface area contributed by atoms with Crippen molar-refractivity contribution in [2.24, 2.45) is 0 Å². The predicted molar refractivity (Wildman–Crippen MR) is 119 cm³/mol. The minimum absolute atomic E-state index is 0.102. The summed E-state index contributed by atoms with van der Waals surface area (Å²) in [5.74, 6) is 1.19. The Morgan fingerprint density at radius 3 is 2.69 bits per heavy atom. The van der Waals surface area contributed by atoms with E-state index >= 15 is 0 Å². The quantitative estimate of drug-likeness (QED) is 0.345. The van der Waals surface area contributed by atoms with Gasteiger partial charge in [0.25, 0.3) is 5.56 Å². The molecule has 0 fully saturated rings. The fraction of sp³-hybridized carbons (Fsp3) is 0.304. The van der Waals surface area contributed by atoms with Crippen LogP contribution in [0.4, 0.5) is 0 Å². The molecule has 0 saturated carbocycles. The second-order valence-corrected chi connectivity index (χ2v) is 8.03. The summed E-state index contributed by atoms with van der Waals surface area (Å²) < 4.78 is 7.49. The van der Waals surface area contributed by atoms with E-state index in [0.29, 0.717) is 28.4 Å². The topological polar surface area (TPSA) is 64.3 Å². The molecule has 1 heterocycles. The third-order valence-electron chi connectivity index (χ3n) is 4.84. The number of allylic oxidation sites excluding steroid dienone is 1. The van der Waals surface area contributed by atoms with Crippen LogP contribution in [-0.4, -0.2) is 33.1 Å². The van der Waals surface area contributed by atoms with Crippen molar-refractivity contribution in [3.63, 3.8) is 0 Å². The van der Waals surface area contributed by atoms with Gasteiger partial charge in [0.2, 0.25) is 0 Å². The van der Waals surface area contributed by atoms with Gasteiger partial charge in [0.15, 0.2) is 5.16 Å². The lowest BCUT2D eigenvalue weighted by molar-refractivity contribution is 0.125. The first-order valence-electron chi connectivity index (χ1n) is 9.53. The third kappa shape index (κ3) is 4.71. The van der Waals surface area contributed by atoms with Crippen molar-refractivity contribution in [3.05, 3.63) is 76.1 Å². The summed E-state index contributed by atoms with van der Waals surface area (Å²) in [4.78, 5) is 17.4. The van der Waals surface area contributed by atoms with Crippen LogP contribution in [0.25, 0.3) is 10.9 Å². The molecule has 6 heteroatoms. The maximum atomic E-state index is 12.8. The Hall–Kier alpha value is -2.57. The van der Waals surface area contributed by atoms with Gasteiger partial charge in [-0.15, -0.1) is 6.58 Å². The van der Waals surface area contributed by atoms with E-state index in [0.717, 1.165) is 22.4 Å². The van der Waals surface area contributed by atoms with Crippen LogP contribution in [0.2, 0.25) is 0 Å². The number of aliphatic hydroxyl groups excluding tert-OH is 1. The number of nitrogens with zero attached hydrogens (tertiary/aromatic N) is 2. The van der Waals surface area contributed by atoms with E-state index < -0.39 is 6.10 Å². The monoisotopic (exact) mass is 410 g/mol. The smallest absolute Gasteiger partial charge is 0.262 e. The highest BCUT2D eigenvalue weighted by molar-refractivity contribution is 7.99. The molecule has 3 aromatic rings. The molecule has 0 amide bonds. The van der Waals surface area contributed by atoms with E-state index in [1.165, 1.54) is 11.8 Å². The highest BCUT2D eigenvalue weighted by Crippen LogP contribution is 2.26. The molecule has 0 unspecified atom stereocenters.